The number of likely N-dealkylation sites (tertiary alicyclic amines) is 1. The minimum absolute atomic E-state index is 0.597. The topological polar surface area (TPSA) is 24.5 Å². The van der Waals surface area contributed by atoms with Gasteiger partial charge in [-0.3, -0.25) is 4.90 Å². The third-order valence-corrected chi connectivity index (χ3v) is 5.28. The molecule has 1 N–H and O–H groups in total. The maximum atomic E-state index is 5.18. The Morgan fingerprint density at radius 2 is 2.17 bits per heavy atom. The summed E-state index contributed by atoms with van der Waals surface area (Å²) in [6, 6.07) is 13.1. The Morgan fingerprint density at radius 3 is 2.92 bits per heavy atom. The van der Waals surface area contributed by atoms with Crippen molar-refractivity contribution in [3.63, 3.8) is 0 Å². The second-order valence-corrected chi connectivity index (χ2v) is 7.27. The lowest BCUT2D eigenvalue weighted by Crippen LogP contribution is -2.45. The van der Waals surface area contributed by atoms with E-state index in [2.05, 4.69) is 52.0 Å². The van der Waals surface area contributed by atoms with E-state index in [4.69, 9.17) is 4.74 Å². The van der Waals surface area contributed by atoms with Gasteiger partial charge in [-0.2, -0.15) is 0 Å². The molecule has 1 aliphatic rings. The monoisotopic (exact) mass is 342 g/mol. The second kappa shape index (κ2) is 9.02. The van der Waals surface area contributed by atoms with Crippen LogP contribution >= 0.6 is 11.3 Å². The number of rotatable bonds is 7. The molecule has 4 heteroatoms. The standard InChI is InChI=1S/C20H26N2OS/c1-23-19-10-8-17(9-11-19)5-2-12-21-18-6-3-13-22(15-18)16-20-7-4-14-24-20/h2,4-5,7-11,14,18,21H,3,6,12-13,15-16H2,1H3/b5-2+. The molecule has 1 saturated heterocycles. The molecule has 0 amide bonds. The maximum absolute atomic E-state index is 5.18. The van der Waals surface area contributed by atoms with E-state index >= 15 is 0 Å². The fraction of sp³-hybridized carbons (Fsp3) is 0.400. The fourth-order valence-electron chi connectivity index (χ4n) is 3.13. The number of benzene rings is 1. The first-order valence-corrected chi connectivity index (χ1v) is 9.50. The molecule has 1 atom stereocenters. The summed E-state index contributed by atoms with van der Waals surface area (Å²) in [4.78, 5) is 4.04. The van der Waals surface area contributed by atoms with Crippen LogP contribution in [0, 0.1) is 0 Å². The van der Waals surface area contributed by atoms with Gasteiger partial charge in [-0.05, 0) is 48.5 Å². The molecule has 1 aromatic heterocycles. The molecule has 1 unspecified atom stereocenters. The molecule has 1 aromatic carbocycles. The van der Waals surface area contributed by atoms with Gasteiger partial charge in [-0.25, -0.2) is 0 Å². The number of nitrogens with zero attached hydrogens (tertiary/aromatic N) is 1. The van der Waals surface area contributed by atoms with Crippen molar-refractivity contribution < 1.29 is 4.74 Å². The first-order valence-electron chi connectivity index (χ1n) is 8.62. The summed E-state index contributed by atoms with van der Waals surface area (Å²) in [6.07, 6.45) is 6.93. The zero-order valence-corrected chi connectivity index (χ0v) is 15.1. The van der Waals surface area contributed by atoms with E-state index in [-0.39, 0.29) is 0 Å². The van der Waals surface area contributed by atoms with Crippen LogP contribution in [0.1, 0.15) is 23.3 Å². The first-order chi connectivity index (χ1) is 11.8. The SMILES string of the molecule is COc1ccc(/C=C/CNC2CCCN(Cc3cccs3)C2)cc1. The molecule has 128 valence electrons. The number of methoxy groups -OCH3 is 1. The summed E-state index contributed by atoms with van der Waals surface area (Å²) in [5, 5.41) is 5.84. The van der Waals surface area contributed by atoms with E-state index in [1.807, 2.05) is 23.5 Å². The van der Waals surface area contributed by atoms with Gasteiger partial charge in [0.15, 0.2) is 0 Å². The minimum atomic E-state index is 0.597. The quantitative estimate of drug-likeness (QED) is 0.822. The normalized spacial score (nSPS) is 19.0. The Hall–Kier alpha value is -1.62. The molecular weight excluding hydrogens is 316 g/mol. The zero-order chi connectivity index (χ0) is 16.6. The first kappa shape index (κ1) is 17.2. The molecule has 3 nitrogen and oxygen atoms in total. The van der Waals surface area contributed by atoms with Crippen molar-refractivity contribution in [2.45, 2.75) is 25.4 Å². The number of hydrogen-bond acceptors (Lipinski definition) is 4. The molecule has 1 fully saturated rings. The number of hydrogen-bond donors (Lipinski definition) is 1. The van der Waals surface area contributed by atoms with Crippen LogP contribution in [-0.2, 0) is 6.54 Å². The van der Waals surface area contributed by atoms with Gasteiger partial charge >= 0.3 is 0 Å². The van der Waals surface area contributed by atoms with Gasteiger partial charge < -0.3 is 10.1 Å². The summed E-state index contributed by atoms with van der Waals surface area (Å²) >= 11 is 1.86. The molecular formula is C20H26N2OS. The largest absolute Gasteiger partial charge is 0.497 e. The lowest BCUT2D eigenvalue weighted by Gasteiger charge is -2.32. The summed E-state index contributed by atoms with van der Waals surface area (Å²) in [5.41, 5.74) is 1.21. The van der Waals surface area contributed by atoms with Crippen LogP contribution in [0.3, 0.4) is 0 Å². The number of thiophene rings is 1. The zero-order valence-electron chi connectivity index (χ0n) is 14.3. The van der Waals surface area contributed by atoms with Gasteiger partial charge in [0.2, 0.25) is 0 Å². The van der Waals surface area contributed by atoms with Gasteiger partial charge in [0.25, 0.3) is 0 Å². The highest BCUT2D eigenvalue weighted by Crippen LogP contribution is 2.17. The third-order valence-electron chi connectivity index (χ3n) is 4.42. The third kappa shape index (κ3) is 5.20. The minimum Gasteiger partial charge on any atom is -0.497 e. The molecule has 2 heterocycles. The predicted octanol–water partition coefficient (Wildman–Crippen LogP) is 4.02. The Labute approximate surface area is 149 Å². The van der Waals surface area contributed by atoms with E-state index in [1.165, 1.54) is 29.8 Å². The summed E-state index contributed by atoms with van der Waals surface area (Å²) in [5.74, 6) is 0.901. The van der Waals surface area contributed by atoms with E-state index < -0.39 is 0 Å². The highest BCUT2D eigenvalue weighted by Gasteiger charge is 2.19. The smallest absolute Gasteiger partial charge is 0.118 e. The highest BCUT2D eigenvalue weighted by molar-refractivity contribution is 7.09. The van der Waals surface area contributed by atoms with Crippen LogP contribution in [0.15, 0.2) is 47.9 Å². The molecule has 0 saturated carbocycles. The summed E-state index contributed by atoms with van der Waals surface area (Å²) < 4.78 is 5.18. The van der Waals surface area contributed by atoms with Gasteiger partial charge in [0, 0.05) is 30.6 Å². The van der Waals surface area contributed by atoms with Crippen LogP contribution in [0.25, 0.3) is 6.08 Å². The fourth-order valence-corrected chi connectivity index (χ4v) is 3.88. The maximum Gasteiger partial charge on any atom is 0.118 e. The molecule has 0 bridgehead atoms. The second-order valence-electron chi connectivity index (χ2n) is 6.24. The van der Waals surface area contributed by atoms with Crippen molar-refractivity contribution >= 4 is 17.4 Å². The Morgan fingerprint density at radius 1 is 1.29 bits per heavy atom. The van der Waals surface area contributed by atoms with E-state index in [0.717, 1.165) is 25.4 Å². The van der Waals surface area contributed by atoms with Crippen molar-refractivity contribution in [2.75, 3.05) is 26.7 Å². The highest BCUT2D eigenvalue weighted by atomic mass is 32.1. The Bertz CT molecular complexity index is 622. The number of ether oxygens (including phenoxy) is 1. The van der Waals surface area contributed by atoms with Crippen LogP contribution in [-0.4, -0.2) is 37.7 Å². The van der Waals surface area contributed by atoms with Crippen molar-refractivity contribution in [2.24, 2.45) is 0 Å². The van der Waals surface area contributed by atoms with Crippen LogP contribution in [0.4, 0.5) is 0 Å². The molecule has 3 rings (SSSR count). The average molecular weight is 343 g/mol. The van der Waals surface area contributed by atoms with Crippen LogP contribution in [0.5, 0.6) is 5.75 Å². The van der Waals surface area contributed by atoms with Crippen LogP contribution in [0.2, 0.25) is 0 Å². The summed E-state index contributed by atoms with van der Waals surface area (Å²) in [6.45, 7) is 4.38. The molecule has 1 aliphatic heterocycles. The van der Waals surface area contributed by atoms with Gasteiger partial charge in [-0.15, -0.1) is 11.3 Å². The summed E-state index contributed by atoms with van der Waals surface area (Å²) in [7, 11) is 1.70. The molecule has 24 heavy (non-hydrogen) atoms. The number of piperidine rings is 1. The van der Waals surface area contributed by atoms with Crippen LogP contribution < -0.4 is 10.1 Å². The lowest BCUT2D eigenvalue weighted by atomic mass is 10.1. The molecule has 0 spiro atoms. The van der Waals surface area contributed by atoms with Crippen molar-refractivity contribution in [3.8, 4) is 5.75 Å². The molecule has 0 radical (unpaired) electrons. The molecule has 2 aromatic rings. The van der Waals surface area contributed by atoms with Crippen molar-refractivity contribution in [3.05, 3.63) is 58.3 Å². The van der Waals surface area contributed by atoms with Crippen molar-refractivity contribution in [1.82, 2.24) is 10.2 Å². The predicted molar refractivity (Wildman–Crippen MR) is 103 cm³/mol. The van der Waals surface area contributed by atoms with E-state index in [9.17, 15) is 0 Å². The lowest BCUT2D eigenvalue weighted by molar-refractivity contribution is 0.187. The van der Waals surface area contributed by atoms with Crippen molar-refractivity contribution in [1.29, 1.82) is 0 Å². The average Bonchev–Trinajstić information content (AvgIpc) is 3.13. The van der Waals surface area contributed by atoms with Gasteiger partial charge in [0.1, 0.15) is 5.75 Å². The number of nitrogens with one attached hydrogen (secondary N) is 1. The molecule has 0 aliphatic carbocycles. The van der Waals surface area contributed by atoms with E-state index in [0.29, 0.717) is 6.04 Å². The van der Waals surface area contributed by atoms with Gasteiger partial charge in [0.05, 0.1) is 7.11 Å². The Balaban J connectivity index is 1.41. The van der Waals surface area contributed by atoms with E-state index in [1.54, 1.807) is 7.11 Å². The Kier molecular flexibility index (Phi) is 6.47. The van der Waals surface area contributed by atoms with Gasteiger partial charge in [-0.1, -0.05) is 30.4 Å².